The van der Waals surface area contributed by atoms with Crippen LogP contribution in [-0.2, 0) is 0 Å². The van der Waals surface area contributed by atoms with E-state index in [2.05, 4.69) is 15.2 Å². The fourth-order valence-electron chi connectivity index (χ4n) is 1.20. The number of hydrogen-bond donors (Lipinski definition) is 0. The van der Waals surface area contributed by atoms with Crippen molar-refractivity contribution in [1.82, 2.24) is 0 Å². The Labute approximate surface area is 65.2 Å². The van der Waals surface area contributed by atoms with Crippen LogP contribution in [-0.4, -0.2) is 17.9 Å². The maximum atomic E-state index is 4.32. The first-order valence-electron chi connectivity index (χ1n) is 3.66. The Morgan fingerprint density at radius 2 is 1.91 bits per heavy atom. The predicted octanol–water partition coefficient (Wildman–Crippen LogP) is 1.73. The fourth-order valence-corrected chi connectivity index (χ4v) is 1.20. The zero-order valence-corrected chi connectivity index (χ0v) is 6.31. The number of rotatable bonds is 0. The predicted molar refractivity (Wildman–Crippen MR) is 43.8 cm³/mol. The van der Waals surface area contributed by atoms with E-state index >= 15 is 0 Å². The molecule has 2 aliphatic rings. The third kappa shape index (κ3) is 1.13. The number of allylic oxidation sites excluding steroid dienone is 2. The van der Waals surface area contributed by atoms with Crippen LogP contribution in [0.1, 0.15) is 6.92 Å². The van der Waals surface area contributed by atoms with Gasteiger partial charge in [0, 0.05) is 0 Å². The topological polar surface area (TPSA) is 37.1 Å². The molecule has 0 amide bonds. The van der Waals surface area contributed by atoms with Crippen molar-refractivity contribution in [3.8, 4) is 0 Å². The Morgan fingerprint density at radius 3 is 2.73 bits per heavy atom. The van der Waals surface area contributed by atoms with Gasteiger partial charge < -0.3 is 0 Å². The molecule has 0 radical (unpaired) electrons. The molecule has 3 nitrogen and oxygen atoms in total. The highest BCUT2D eigenvalue weighted by atomic mass is 15.2. The van der Waals surface area contributed by atoms with Crippen LogP contribution < -0.4 is 0 Å². The summed E-state index contributed by atoms with van der Waals surface area (Å²) in [4.78, 5) is 4.32. The normalized spacial score (nSPS) is 33.4. The Hall–Kier alpha value is -1.25. The van der Waals surface area contributed by atoms with Gasteiger partial charge in [0.1, 0.15) is 11.9 Å². The van der Waals surface area contributed by atoms with E-state index in [-0.39, 0.29) is 12.1 Å². The lowest BCUT2D eigenvalue weighted by molar-refractivity contribution is 0.653. The number of azo groups is 1. The van der Waals surface area contributed by atoms with Crippen LogP contribution in [0.25, 0.3) is 0 Å². The highest BCUT2D eigenvalue weighted by Crippen LogP contribution is 2.16. The monoisotopic (exact) mass is 147 g/mol. The van der Waals surface area contributed by atoms with Crippen molar-refractivity contribution in [2.75, 3.05) is 0 Å². The minimum Gasteiger partial charge on any atom is -0.259 e. The van der Waals surface area contributed by atoms with Crippen LogP contribution in [0.5, 0.6) is 0 Å². The van der Waals surface area contributed by atoms with Crippen LogP contribution >= 0.6 is 0 Å². The number of hydrogen-bond acceptors (Lipinski definition) is 3. The second kappa shape index (κ2) is 2.42. The average molecular weight is 147 g/mol. The van der Waals surface area contributed by atoms with Crippen LogP contribution in [0.3, 0.4) is 0 Å². The van der Waals surface area contributed by atoms with E-state index in [0.717, 1.165) is 5.84 Å². The van der Waals surface area contributed by atoms with E-state index in [9.17, 15) is 0 Å². The molecule has 2 unspecified atom stereocenters. The van der Waals surface area contributed by atoms with Gasteiger partial charge in [-0.25, -0.2) is 0 Å². The summed E-state index contributed by atoms with van der Waals surface area (Å²) in [5.41, 5.74) is 0. The molecule has 0 saturated carbocycles. The van der Waals surface area contributed by atoms with Crippen LogP contribution in [0, 0.1) is 0 Å². The highest BCUT2D eigenvalue weighted by molar-refractivity contribution is 5.80. The van der Waals surface area contributed by atoms with E-state index < -0.39 is 0 Å². The molecule has 0 bridgehead atoms. The van der Waals surface area contributed by atoms with Gasteiger partial charge in [0.05, 0.1) is 6.04 Å². The zero-order chi connectivity index (χ0) is 7.68. The molecule has 56 valence electrons. The van der Waals surface area contributed by atoms with Crippen molar-refractivity contribution in [2.24, 2.45) is 15.2 Å². The molecule has 2 atom stereocenters. The average Bonchev–Trinajstić information content (AvgIpc) is 2.04. The first-order valence-corrected chi connectivity index (χ1v) is 3.66. The summed E-state index contributed by atoms with van der Waals surface area (Å²) < 4.78 is 0. The van der Waals surface area contributed by atoms with Crippen molar-refractivity contribution < 1.29 is 0 Å². The lowest BCUT2D eigenvalue weighted by atomic mass is 10.0. The molecule has 1 aliphatic heterocycles. The lowest BCUT2D eigenvalue weighted by Crippen LogP contribution is -2.23. The van der Waals surface area contributed by atoms with Gasteiger partial charge in [-0.05, 0) is 6.92 Å². The molecule has 3 heteroatoms. The van der Waals surface area contributed by atoms with E-state index in [1.807, 2.05) is 31.2 Å². The van der Waals surface area contributed by atoms with Crippen molar-refractivity contribution >= 4 is 5.84 Å². The minimum absolute atomic E-state index is 0.142. The number of amidine groups is 1. The SMILES string of the molecule is CC1=NC2C=CC=CC2N=N1. The summed E-state index contributed by atoms with van der Waals surface area (Å²) in [7, 11) is 0. The summed E-state index contributed by atoms with van der Waals surface area (Å²) in [5.74, 6) is 0.770. The third-order valence-corrected chi connectivity index (χ3v) is 1.75. The second-order valence-corrected chi connectivity index (χ2v) is 2.64. The van der Waals surface area contributed by atoms with Gasteiger partial charge >= 0.3 is 0 Å². The molecule has 2 rings (SSSR count). The second-order valence-electron chi connectivity index (χ2n) is 2.64. The highest BCUT2D eigenvalue weighted by Gasteiger charge is 2.19. The number of fused-ring (bicyclic) bond motifs is 1. The first-order chi connectivity index (χ1) is 5.36. The molecule has 11 heavy (non-hydrogen) atoms. The Morgan fingerprint density at radius 1 is 1.18 bits per heavy atom. The van der Waals surface area contributed by atoms with Gasteiger partial charge in [-0.15, -0.1) is 5.11 Å². The van der Waals surface area contributed by atoms with Crippen LogP contribution in [0.2, 0.25) is 0 Å². The maximum absolute atomic E-state index is 4.32. The molecule has 0 aromatic carbocycles. The Balaban J connectivity index is 2.29. The van der Waals surface area contributed by atoms with E-state index in [1.54, 1.807) is 0 Å². The number of aliphatic imine (C=N–C) groups is 1. The van der Waals surface area contributed by atoms with Crippen LogP contribution in [0.4, 0.5) is 0 Å². The molecular formula is C8H9N3. The number of nitrogens with zero attached hydrogens (tertiary/aromatic N) is 3. The van der Waals surface area contributed by atoms with Gasteiger partial charge in [-0.3, -0.25) is 4.99 Å². The van der Waals surface area contributed by atoms with Gasteiger partial charge in [0.15, 0.2) is 0 Å². The Kier molecular flexibility index (Phi) is 1.42. The fraction of sp³-hybridized carbons (Fsp3) is 0.375. The zero-order valence-electron chi connectivity index (χ0n) is 6.31. The molecule has 0 aromatic rings. The molecule has 0 spiro atoms. The van der Waals surface area contributed by atoms with Crippen molar-refractivity contribution in [1.29, 1.82) is 0 Å². The van der Waals surface area contributed by atoms with Gasteiger partial charge in [-0.1, -0.05) is 24.3 Å². The van der Waals surface area contributed by atoms with E-state index in [0.29, 0.717) is 0 Å². The molecule has 0 aromatic heterocycles. The lowest BCUT2D eigenvalue weighted by Gasteiger charge is -2.18. The van der Waals surface area contributed by atoms with Crippen LogP contribution in [0.15, 0.2) is 39.5 Å². The Bertz CT molecular complexity index is 273. The smallest absolute Gasteiger partial charge is 0.143 e. The third-order valence-electron chi connectivity index (χ3n) is 1.75. The molecule has 0 saturated heterocycles. The van der Waals surface area contributed by atoms with Crippen molar-refractivity contribution in [3.63, 3.8) is 0 Å². The van der Waals surface area contributed by atoms with E-state index in [4.69, 9.17) is 0 Å². The molecule has 1 heterocycles. The quantitative estimate of drug-likeness (QED) is 0.500. The summed E-state index contributed by atoms with van der Waals surface area (Å²) >= 11 is 0. The summed E-state index contributed by atoms with van der Waals surface area (Å²) in [6.07, 6.45) is 8.05. The summed E-state index contributed by atoms with van der Waals surface area (Å²) in [6.45, 7) is 1.87. The van der Waals surface area contributed by atoms with E-state index in [1.165, 1.54) is 0 Å². The molecular weight excluding hydrogens is 138 g/mol. The van der Waals surface area contributed by atoms with Gasteiger partial charge in [0.25, 0.3) is 0 Å². The molecule has 0 N–H and O–H groups in total. The summed E-state index contributed by atoms with van der Waals surface area (Å²) in [6, 6.07) is 0.334. The standard InChI is InChI=1S/C8H9N3/c1-6-9-7-4-2-3-5-8(7)11-10-6/h2-5,7-8H,1H3. The largest absolute Gasteiger partial charge is 0.259 e. The summed E-state index contributed by atoms with van der Waals surface area (Å²) in [5, 5.41) is 7.99. The first kappa shape index (κ1) is 6.46. The van der Waals surface area contributed by atoms with Crippen molar-refractivity contribution in [3.05, 3.63) is 24.3 Å². The minimum atomic E-state index is 0.142. The maximum Gasteiger partial charge on any atom is 0.143 e. The van der Waals surface area contributed by atoms with Crippen molar-refractivity contribution in [2.45, 2.75) is 19.0 Å². The molecule has 1 aliphatic carbocycles. The van der Waals surface area contributed by atoms with Gasteiger partial charge in [0.2, 0.25) is 0 Å². The molecule has 0 fully saturated rings. The van der Waals surface area contributed by atoms with Gasteiger partial charge in [-0.2, -0.15) is 5.11 Å².